The van der Waals surface area contributed by atoms with Crippen molar-refractivity contribution in [1.29, 1.82) is 0 Å². The standard InChI is InChI=1S/C17H11Cl2N3O5S/c1-27-14(23)8-21-15-11(19)6-9(18)7-13(15)28-17(21)20-16(24)10-4-2-3-5-12(10)22(25)26/h2-7H,8H2,1H3. The van der Waals surface area contributed by atoms with Gasteiger partial charge in [-0.3, -0.25) is 19.7 Å². The first-order chi connectivity index (χ1) is 13.3. The normalized spacial score (nSPS) is 11.6. The second-order valence-corrected chi connectivity index (χ2v) is 7.33. The van der Waals surface area contributed by atoms with E-state index in [9.17, 15) is 19.7 Å². The van der Waals surface area contributed by atoms with Crippen molar-refractivity contribution in [2.24, 2.45) is 4.99 Å². The number of carbonyl (C=O) groups is 2. The summed E-state index contributed by atoms with van der Waals surface area (Å²) in [6.45, 7) is -0.249. The Kier molecular flexibility index (Phi) is 5.78. The highest BCUT2D eigenvalue weighted by atomic mass is 35.5. The average molecular weight is 440 g/mol. The second kappa shape index (κ2) is 8.09. The number of carbonyl (C=O) groups excluding carboxylic acids is 2. The Morgan fingerprint density at radius 1 is 1.29 bits per heavy atom. The zero-order valence-corrected chi connectivity index (χ0v) is 16.5. The van der Waals surface area contributed by atoms with E-state index in [1.807, 2.05) is 0 Å². The monoisotopic (exact) mass is 439 g/mol. The van der Waals surface area contributed by atoms with E-state index >= 15 is 0 Å². The highest BCUT2D eigenvalue weighted by Crippen LogP contribution is 2.30. The highest BCUT2D eigenvalue weighted by Gasteiger charge is 2.20. The molecule has 0 aliphatic carbocycles. The number of rotatable bonds is 4. The van der Waals surface area contributed by atoms with Crippen LogP contribution in [0.15, 0.2) is 41.4 Å². The lowest BCUT2D eigenvalue weighted by molar-refractivity contribution is -0.385. The van der Waals surface area contributed by atoms with Crippen LogP contribution < -0.4 is 4.80 Å². The van der Waals surface area contributed by atoms with Gasteiger partial charge >= 0.3 is 5.97 Å². The maximum absolute atomic E-state index is 12.6. The minimum Gasteiger partial charge on any atom is -0.468 e. The smallest absolute Gasteiger partial charge is 0.325 e. The van der Waals surface area contributed by atoms with Crippen molar-refractivity contribution >= 4 is 62.3 Å². The topological polar surface area (TPSA) is 104 Å². The second-order valence-electron chi connectivity index (χ2n) is 5.47. The first-order valence-corrected chi connectivity index (χ1v) is 9.26. The molecular formula is C17H11Cl2N3O5S. The van der Waals surface area contributed by atoms with Gasteiger partial charge in [-0.15, -0.1) is 0 Å². The molecule has 8 nitrogen and oxygen atoms in total. The van der Waals surface area contributed by atoms with E-state index in [4.69, 9.17) is 27.9 Å². The third-order valence-corrected chi connectivity index (χ3v) is 5.27. The maximum Gasteiger partial charge on any atom is 0.325 e. The Bertz CT molecular complexity index is 1190. The first-order valence-electron chi connectivity index (χ1n) is 7.69. The highest BCUT2D eigenvalue weighted by molar-refractivity contribution is 7.16. The number of hydrogen-bond donors (Lipinski definition) is 0. The van der Waals surface area contributed by atoms with Crippen molar-refractivity contribution in [2.75, 3.05) is 7.11 Å². The number of hydrogen-bond acceptors (Lipinski definition) is 6. The summed E-state index contributed by atoms with van der Waals surface area (Å²) in [6.07, 6.45) is 0. The van der Waals surface area contributed by atoms with Crippen LogP contribution >= 0.6 is 34.5 Å². The molecule has 0 aliphatic heterocycles. The number of amides is 1. The SMILES string of the molecule is COC(=O)Cn1c(=NC(=O)c2ccccc2[N+](=O)[O-])sc2cc(Cl)cc(Cl)c21. The lowest BCUT2D eigenvalue weighted by Crippen LogP contribution is -2.22. The minimum absolute atomic E-state index is 0.132. The summed E-state index contributed by atoms with van der Waals surface area (Å²) in [5.41, 5.74) is -0.0766. The third kappa shape index (κ3) is 3.91. The Balaban J connectivity index is 2.23. The summed E-state index contributed by atoms with van der Waals surface area (Å²) >= 11 is 13.4. The molecule has 144 valence electrons. The molecule has 0 N–H and O–H groups in total. The van der Waals surface area contributed by atoms with Gasteiger partial charge in [-0.1, -0.05) is 46.7 Å². The van der Waals surface area contributed by atoms with Gasteiger partial charge < -0.3 is 9.30 Å². The molecule has 0 atom stereocenters. The van der Waals surface area contributed by atoms with Crippen molar-refractivity contribution < 1.29 is 19.2 Å². The van der Waals surface area contributed by atoms with Crippen molar-refractivity contribution in [3.63, 3.8) is 0 Å². The molecule has 0 bridgehead atoms. The van der Waals surface area contributed by atoms with Crippen molar-refractivity contribution in [3.05, 3.63) is 66.9 Å². The van der Waals surface area contributed by atoms with Gasteiger partial charge in [0.2, 0.25) is 0 Å². The van der Waals surface area contributed by atoms with E-state index in [1.54, 1.807) is 6.07 Å². The van der Waals surface area contributed by atoms with Gasteiger partial charge in [0.1, 0.15) is 12.1 Å². The molecule has 0 fully saturated rings. The number of para-hydroxylation sites is 1. The van der Waals surface area contributed by atoms with E-state index in [0.717, 1.165) is 11.3 Å². The number of nitrogens with zero attached hydrogens (tertiary/aromatic N) is 3. The molecule has 0 saturated heterocycles. The van der Waals surface area contributed by atoms with Crippen LogP contribution in [0, 0.1) is 10.1 Å². The Morgan fingerprint density at radius 3 is 2.68 bits per heavy atom. The summed E-state index contributed by atoms with van der Waals surface area (Å²) in [7, 11) is 1.23. The van der Waals surface area contributed by atoms with E-state index in [-0.39, 0.29) is 27.6 Å². The van der Waals surface area contributed by atoms with Crippen molar-refractivity contribution in [2.45, 2.75) is 6.54 Å². The molecule has 28 heavy (non-hydrogen) atoms. The van der Waals surface area contributed by atoms with Crippen LogP contribution in [0.4, 0.5) is 5.69 Å². The summed E-state index contributed by atoms with van der Waals surface area (Å²) in [5.74, 6) is -1.40. The number of nitro groups is 1. The Hall–Kier alpha value is -2.75. The van der Waals surface area contributed by atoms with Gasteiger partial charge in [0.15, 0.2) is 4.80 Å². The maximum atomic E-state index is 12.6. The van der Waals surface area contributed by atoms with Gasteiger partial charge in [0.25, 0.3) is 11.6 Å². The molecule has 1 heterocycles. The molecule has 0 spiro atoms. The lowest BCUT2D eigenvalue weighted by Gasteiger charge is -2.05. The van der Waals surface area contributed by atoms with Crippen molar-refractivity contribution in [3.8, 4) is 0 Å². The number of ether oxygens (including phenoxy) is 1. The fourth-order valence-corrected chi connectivity index (χ4v) is 4.33. The van der Waals surface area contributed by atoms with Gasteiger partial charge in [-0.25, -0.2) is 0 Å². The van der Waals surface area contributed by atoms with E-state index in [2.05, 4.69) is 4.99 Å². The number of nitro benzene ring substituents is 1. The predicted molar refractivity (Wildman–Crippen MR) is 105 cm³/mol. The molecule has 2 aromatic carbocycles. The number of esters is 1. The van der Waals surface area contributed by atoms with Crippen LogP contribution in [0.1, 0.15) is 10.4 Å². The van der Waals surface area contributed by atoms with E-state index in [1.165, 1.54) is 42.0 Å². The third-order valence-electron chi connectivity index (χ3n) is 3.74. The Morgan fingerprint density at radius 2 is 2.00 bits per heavy atom. The molecule has 0 aliphatic rings. The zero-order valence-electron chi connectivity index (χ0n) is 14.2. The lowest BCUT2D eigenvalue weighted by atomic mass is 10.2. The quantitative estimate of drug-likeness (QED) is 0.349. The van der Waals surface area contributed by atoms with Crippen LogP contribution in [0.3, 0.4) is 0 Å². The first kappa shape index (κ1) is 20.0. The fourth-order valence-electron chi connectivity index (χ4n) is 2.52. The average Bonchev–Trinajstić information content (AvgIpc) is 2.98. The van der Waals surface area contributed by atoms with E-state index in [0.29, 0.717) is 15.2 Å². The number of benzene rings is 2. The molecule has 0 saturated carbocycles. The molecule has 11 heteroatoms. The molecule has 1 amide bonds. The number of halogens is 2. The summed E-state index contributed by atoms with van der Waals surface area (Å²) in [4.78, 5) is 39.1. The van der Waals surface area contributed by atoms with Crippen LogP contribution in [0.2, 0.25) is 10.0 Å². The predicted octanol–water partition coefficient (Wildman–Crippen LogP) is 3.83. The molecule has 0 unspecified atom stereocenters. The molecule has 1 aromatic heterocycles. The molecule has 3 aromatic rings. The summed E-state index contributed by atoms with van der Waals surface area (Å²) in [5, 5.41) is 11.8. The van der Waals surface area contributed by atoms with Gasteiger partial charge in [0.05, 0.1) is 27.3 Å². The van der Waals surface area contributed by atoms with Gasteiger partial charge in [-0.2, -0.15) is 4.99 Å². The number of thiazole rings is 1. The van der Waals surface area contributed by atoms with Gasteiger partial charge in [-0.05, 0) is 18.2 Å². The summed E-state index contributed by atoms with van der Waals surface area (Å²) in [6, 6.07) is 8.60. The van der Waals surface area contributed by atoms with Crippen LogP contribution in [-0.2, 0) is 16.1 Å². The summed E-state index contributed by atoms with van der Waals surface area (Å²) < 4.78 is 6.70. The molecule has 0 radical (unpaired) electrons. The Labute approximate surface area is 171 Å². The van der Waals surface area contributed by atoms with Crippen LogP contribution in [0.5, 0.6) is 0 Å². The number of methoxy groups -OCH3 is 1. The fraction of sp³-hybridized carbons (Fsp3) is 0.118. The number of aromatic nitrogens is 1. The molecule has 3 rings (SSSR count). The van der Waals surface area contributed by atoms with E-state index < -0.39 is 16.8 Å². The number of fused-ring (bicyclic) bond motifs is 1. The largest absolute Gasteiger partial charge is 0.468 e. The molecular weight excluding hydrogens is 429 g/mol. The zero-order chi connectivity index (χ0) is 20.4. The van der Waals surface area contributed by atoms with Crippen LogP contribution in [0.25, 0.3) is 10.2 Å². The van der Waals surface area contributed by atoms with Crippen LogP contribution in [-0.4, -0.2) is 28.5 Å². The minimum atomic E-state index is -0.820. The van der Waals surface area contributed by atoms with Crippen molar-refractivity contribution in [1.82, 2.24) is 4.57 Å². The van der Waals surface area contributed by atoms with Gasteiger partial charge in [0, 0.05) is 11.1 Å².